The molecule has 3 N–H and O–H groups in total. The van der Waals surface area contributed by atoms with E-state index in [4.69, 9.17) is 11.6 Å². The second-order valence-corrected chi connectivity index (χ2v) is 8.56. The lowest BCUT2D eigenvalue weighted by atomic mass is 10.1. The number of hydrogen-bond donors (Lipinski definition) is 3. The topological polar surface area (TPSA) is 88.7 Å². The van der Waals surface area contributed by atoms with Gasteiger partial charge in [0.25, 0.3) is 5.91 Å². The highest BCUT2D eigenvalue weighted by Gasteiger charge is 2.33. The van der Waals surface area contributed by atoms with Crippen LogP contribution in [0.25, 0.3) is 0 Å². The lowest BCUT2D eigenvalue weighted by Gasteiger charge is -2.34. The Morgan fingerprint density at radius 1 is 1.21 bits per heavy atom. The molecule has 1 aliphatic rings. The molecule has 0 spiro atoms. The largest absolute Gasteiger partial charge is 0.417 e. The fourth-order valence-corrected chi connectivity index (χ4v) is 4.32. The maximum absolute atomic E-state index is 13.0. The van der Waals surface area contributed by atoms with Gasteiger partial charge in [-0.15, -0.1) is 0 Å². The van der Waals surface area contributed by atoms with E-state index in [-0.39, 0.29) is 18.1 Å². The number of anilines is 1. The standard InChI is InChI=1S/C22H26ClF3N4O3/c1-12-19(14(3)31)13(2)27-20(12)21(33)30-8-6-29(7-9-30)11-18(32)28-15-4-5-17(23)16(10-15)22(24,25)26/h4-5,10,14,27,31H,6-9,11H2,1-3H3,(H,28,32). The van der Waals surface area contributed by atoms with E-state index in [0.29, 0.717) is 37.4 Å². The number of benzene rings is 1. The number of nitrogens with zero attached hydrogens (tertiary/aromatic N) is 2. The zero-order valence-corrected chi connectivity index (χ0v) is 19.3. The number of rotatable bonds is 5. The molecule has 0 saturated carbocycles. The molecule has 2 heterocycles. The van der Waals surface area contributed by atoms with Crippen molar-refractivity contribution in [1.82, 2.24) is 14.8 Å². The van der Waals surface area contributed by atoms with Crippen LogP contribution >= 0.6 is 11.6 Å². The summed E-state index contributed by atoms with van der Waals surface area (Å²) in [5.74, 6) is -0.630. The predicted octanol–water partition coefficient (Wildman–Crippen LogP) is 3.75. The molecule has 0 radical (unpaired) electrons. The number of alkyl halides is 3. The van der Waals surface area contributed by atoms with Crippen molar-refractivity contribution in [1.29, 1.82) is 0 Å². The number of carbonyl (C=O) groups is 2. The van der Waals surface area contributed by atoms with Gasteiger partial charge in [-0.1, -0.05) is 11.6 Å². The summed E-state index contributed by atoms with van der Waals surface area (Å²) in [6.07, 6.45) is -5.31. The summed E-state index contributed by atoms with van der Waals surface area (Å²) in [5.41, 5.74) is 1.62. The Kier molecular flexibility index (Phi) is 7.40. The van der Waals surface area contributed by atoms with Crippen LogP contribution in [0.3, 0.4) is 0 Å². The minimum atomic E-state index is -4.62. The van der Waals surface area contributed by atoms with Crippen LogP contribution in [0.4, 0.5) is 18.9 Å². The predicted molar refractivity (Wildman–Crippen MR) is 118 cm³/mol. The van der Waals surface area contributed by atoms with Crippen LogP contribution in [0.5, 0.6) is 0 Å². The zero-order valence-electron chi connectivity index (χ0n) is 18.5. The van der Waals surface area contributed by atoms with Crippen LogP contribution in [0, 0.1) is 13.8 Å². The van der Waals surface area contributed by atoms with E-state index in [1.165, 1.54) is 6.07 Å². The Bertz CT molecular complexity index is 1040. The smallest absolute Gasteiger partial charge is 0.389 e. The van der Waals surface area contributed by atoms with Crippen molar-refractivity contribution in [2.24, 2.45) is 0 Å². The third-order valence-electron chi connectivity index (χ3n) is 5.71. The molecular weight excluding hydrogens is 461 g/mol. The van der Waals surface area contributed by atoms with E-state index < -0.39 is 28.8 Å². The number of aromatic amines is 1. The maximum atomic E-state index is 13.0. The molecule has 180 valence electrons. The molecule has 11 heteroatoms. The first kappa shape index (κ1) is 25.1. The van der Waals surface area contributed by atoms with E-state index in [1.807, 2.05) is 4.90 Å². The van der Waals surface area contributed by atoms with Crippen molar-refractivity contribution < 1.29 is 27.9 Å². The van der Waals surface area contributed by atoms with Gasteiger partial charge in [0.15, 0.2) is 0 Å². The number of amides is 2. The number of halogens is 4. The number of aryl methyl sites for hydroxylation is 1. The molecule has 1 aromatic heterocycles. The average Bonchev–Trinajstić information content (AvgIpc) is 3.02. The molecule has 1 aromatic carbocycles. The molecule has 1 saturated heterocycles. The van der Waals surface area contributed by atoms with Crippen molar-refractivity contribution in [2.75, 3.05) is 38.0 Å². The summed E-state index contributed by atoms with van der Waals surface area (Å²) in [6.45, 7) is 6.90. The lowest BCUT2D eigenvalue weighted by molar-refractivity contribution is -0.137. The Morgan fingerprint density at radius 3 is 2.39 bits per heavy atom. The number of piperazine rings is 1. The lowest BCUT2D eigenvalue weighted by Crippen LogP contribution is -2.50. The second-order valence-electron chi connectivity index (χ2n) is 8.15. The van der Waals surface area contributed by atoms with E-state index >= 15 is 0 Å². The number of aliphatic hydroxyl groups excluding tert-OH is 1. The molecule has 1 atom stereocenters. The Morgan fingerprint density at radius 2 is 1.85 bits per heavy atom. The molecular formula is C22H26ClF3N4O3. The molecule has 1 unspecified atom stereocenters. The highest BCUT2D eigenvalue weighted by molar-refractivity contribution is 6.31. The third-order valence-corrected chi connectivity index (χ3v) is 6.04. The summed E-state index contributed by atoms with van der Waals surface area (Å²) in [6, 6.07) is 3.21. The zero-order chi connectivity index (χ0) is 24.5. The van der Waals surface area contributed by atoms with Crippen molar-refractivity contribution >= 4 is 29.1 Å². The van der Waals surface area contributed by atoms with Gasteiger partial charge in [-0.2, -0.15) is 13.2 Å². The number of carbonyl (C=O) groups excluding carboxylic acids is 2. The molecule has 0 bridgehead atoms. The van der Waals surface area contributed by atoms with Gasteiger partial charge in [-0.25, -0.2) is 0 Å². The molecule has 33 heavy (non-hydrogen) atoms. The van der Waals surface area contributed by atoms with E-state index in [1.54, 1.807) is 25.7 Å². The molecule has 1 aliphatic heterocycles. The summed E-state index contributed by atoms with van der Waals surface area (Å²) in [4.78, 5) is 31.8. The van der Waals surface area contributed by atoms with Crippen LogP contribution in [0.15, 0.2) is 18.2 Å². The number of aliphatic hydroxyl groups is 1. The van der Waals surface area contributed by atoms with Gasteiger partial charge in [-0.3, -0.25) is 14.5 Å². The van der Waals surface area contributed by atoms with Crippen molar-refractivity contribution in [2.45, 2.75) is 33.1 Å². The van der Waals surface area contributed by atoms with Crippen molar-refractivity contribution in [3.05, 3.63) is 51.3 Å². The highest BCUT2D eigenvalue weighted by atomic mass is 35.5. The summed E-state index contributed by atoms with van der Waals surface area (Å²) < 4.78 is 39.0. The number of H-pyrrole nitrogens is 1. The second kappa shape index (κ2) is 9.74. The van der Waals surface area contributed by atoms with Gasteiger partial charge in [-0.05, 0) is 44.5 Å². The number of hydrogen-bond acceptors (Lipinski definition) is 4. The molecule has 2 aromatic rings. The van der Waals surface area contributed by atoms with Crippen LogP contribution in [0.1, 0.15) is 45.9 Å². The van der Waals surface area contributed by atoms with Gasteiger partial charge < -0.3 is 20.3 Å². The van der Waals surface area contributed by atoms with E-state index in [9.17, 15) is 27.9 Å². The van der Waals surface area contributed by atoms with E-state index in [0.717, 1.165) is 23.4 Å². The summed E-state index contributed by atoms with van der Waals surface area (Å²) >= 11 is 5.60. The van der Waals surface area contributed by atoms with Crippen LogP contribution in [-0.2, 0) is 11.0 Å². The van der Waals surface area contributed by atoms with Gasteiger partial charge in [0, 0.05) is 43.1 Å². The van der Waals surface area contributed by atoms with Gasteiger partial charge in [0.2, 0.25) is 5.91 Å². The molecule has 7 nitrogen and oxygen atoms in total. The summed E-state index contributed by atoms with van der Waals surface area (Å²) in [5, 5.41) is 12.0. The van der Waals surface area contributed by atoms with Crippen LogP contribution in [-0.4, -0.2) is 64.4 Å². The van der Waals surface area contributed by atoms with E-state index in [2.05, 4.69) is 10.3 Å². The maximum Gasteiger partial charge on any atom is 0.417 e. The molecule has 3 rings (SSSR count). The van der Waals surface area contributed by atoms with Gasteiger partial charge in [0.1, 0.15) is 5.69 Å². The van der Waals surface area contributed by atoms with Gasteiger partial charge in [0.05, 0.1) is 23.2 Å². The molecule has 0 aliphatic carbocycles. The minimum Gasteiger partial charge on any atom is -0.389 e. The Labute approximate surface area is 194 Å². The minimum absolute atomic E-state index is 0.0112. The van der Waals surface area contributed by atoms with Crippen molar-refractivity contribution in [3.8, 4) is 0 Å². The van der Waals surface area contributed by atoms with Gasteiger partial charge >= 0.3 is 6.18 Å². The quantitative estimate of drug-likeness (QED) is 0.600. The van der Waals surface area contributed by atoms with Crippen LogP contribution in [0.2, 0.25) is 5.02 Å². The van der Waals surface area contributed by atoms with Crippen LogP contribution < -0.4 is 5.32 Å². The first-order chi connectivity index (χ1) is 15.4. The fraction of sp³-hybridized carbons (Fsp3) is 0.455. The normalized spacial score (nSPS) is 16.1. The number of nitrogens with one attached hydrogen (secondary N) is 2. The number of aromatic nitrogens is 1. The fourth-order valence-electron chi connectivity index (χ4n) is 4.10. The highest BCUT2D eigenvalue weighted by Crippen LogP contribution is 2.36. The first-order valence-electron chi connectivity index (χ1n) is 10.4. The average molecular weight is 487 g/mol. The monoisotopic (exact) mass is 486 g/mol. The third kappa shape index (κ3) is 5.69. The molecule has 2 amide bonds. The molecule has 1 fully saturated rings. The Hall–Kier alpha value is -2.56. The van der Waals surface area contributed by atoms with Crippen molar-refractivity contribution in [3.63, 3.8) is 0 Å². The first-order valence-corrected chi connectivity index (χ1v) is 10.8. The SMILES string of the molecule is Cc1[nH]c(C(=O)N2CCN(CC(=O)Nc3ccc(Cl)c(C(F)(F)F)c3)CC2)c(C)c1C(C)O. The Balaban J connectivity index is 1.56. The summed E-state index contributed by atoms with van der Waals surface area (Å²) in [7, 11) is 0.